The van der Waals surface area contributed by atoms with Crippen LogP contribution in [-0.4, -0.2) is 35.4 Å². The summed E-state index contributed by atoms with van der Waals surface area (Å²) in [5.41, 5.74) is 1.99. The Balaban J connectivity index is 1.75. The first-order valence-corrected chi connectivity index (χ1v) is 7.57. The van der Waals surface area contributed by atoms with Crippen molar-refractivity contribution in [1.82, 2.24) is 15.1 Å². The lowest BCUT2D eigenvalue weighted by atomic mass is 10.1. The van der Waals surface area contributed by atoms with E-state index in [1.165, 1.54) is 0 Å². The van der Waals surface area contributed by atoms with Gasteiger partial charge in [-0.1, -0.05) is 0 Å². The van der Waals surface area contributed by atoms with E-state index in [0.717, 1.165) is 23.6 Å². The number of nitrogens with one attached hydrogen (secondary N) is 1. The molecule has 0 aliphatic carbocycles. The molecule has 118 valence electrons. The zero-order valence-corrected chi connectivity index (χ0v) is 12.9. The minimum atomic E-state index is -0.144. The second-order valence-electron chi connectivity index (χ2n) is 5.71. The minimum absolute atomic E-state index is 0.0376. The molecule has 1 amide bonds. The molecular formula is C16H21N3O3. The van der Waals surface area contributed by atoms with Gasteiger partial charge in [0.2, 0.25) is 5.91 Å². The van der Waals surface area contributed by atoms with Crippen molar-refractivity contribution in [2.45, 2.75) is 26.3 Å². The summed E-state index contributed by atoms with van der Waals surface area (Å²) in [5, 5.41) is 7.53. The van der Waals surface area contributed by atoms with Gasteiger partial charge in [0.1, 0.15) is 11.8 Å². The Bertz CT molecular complexity index is 627. The van der Waals surface area contributed by atoms with Crippen molar-refractivity contribution in [3.05, 3.63) is 41.6 Å². The average molecular weight is 303 g/mol. The van der Waals surface area contributed by atoms with Crippen molar-refractivity contribution in [3.8, 4) is 0 Å². The maximum Gasteiger partial charge on any atom is 0.225 e. The van der Waals surface area contributed by atoms with Crippen molar-refractivity contribution in [1.29, 1.82) is 0 Å². The fourth-order valence-corrected chi connectivity index (χ4v) is 2.83. The van der Waals surface area contributed by atoms with E-state index in [9.17, 15) is 4.79 Å². The quantitative estimate of drug-likeness (QED) is 0.915. The molecular weight excluding hydrogens is 282 g/mol. The first-order chi connectivity index (χ1) is 10.6. The van der Waals surface area contributed by atoms with E-state index in [1.54, 1.807) is 6.26 Å². The third-order valence-electron chi connectivity index (χ3n) is 3.98. The highest BCUT2D eigenvalue weighted by molar-refractivity contribution is 5.79. The number of furan rings is 1. The predicted molar refractivity (Wildman–Crippen MR) is 80.5 cm³/mol. The molecule has 1 aliphatic rings. The van der Waals surface area contributed by atoms with Gasteiger partial charge in [-0.3, -0.25) is 9.48 Å². The van der Waals surface area contributed by atoms with Crippen molar-refractivity contribution >= 4 is 5.91 Å². The lowest BCUT2D eigenvalue weighted by Crippen LogP contribution is -2.36. The van der Waals surface area contributed by atoms with Crippen LogP contribution in [0.4, 0.5) is 0 Å². The topological polar surface area (TPSA) is 69.3 Å². The van der Waals surface area contributed by atoms with Crippen LogP contribution in [0.25, 0.3) is 0 Å². The van der Waals surface area contributed by atoms with Crippen LogP contribution in [0.15, 0.2) is 28.9 Å². The number of carbonyl (C=O) groups is 1. The average Bonchev–Trinajstić information content (AvgIpc) is 3.22. The first-order valence-electron chi connectivity index (χ1n) is 7.57. The van der Waals surface area contributed by atoms with Gasteiger partial charge in [0.15, 0.2) is 0 Å². The molecule has 0 saturated carbocycles. The molecule has 2 aromatic heterocycles. The van der Waals surface area contributed by atoms with Crippen LogP contribution in [0.3, 0.4) is 0 Å². The molecule has 0 spiro atoms. The molecule has 1 saturated heterocycles. The molecule has 3 rings (SSSR count). The van der Waals surface area contributed by atoms with Crippen molar-refractivity contribution in [2.75, 3.05) is 19.8 Å². The highest BCUT2D eigenvalue weighted by Gasteiger charge is 2.26. The minimum Gasteiger partial charge on any atom is -0.467 e. The zero-order chi connectivity index (χ0) is 15.5. The summed E-state index contributed by atoms with van der Waals surface area (Å²) in [6.45, 7) is 5.58. The molecule has 0 radical (unpaired) electrons. The summed E-state index contributed by atoms with van der Waals surface area (Å²) in [4.78, 5) is 12.2. The molecule has 6 nitrogen and oxygen atoms in total. The molecule has 0 unspecified atom stereocenters. The number of nitrogens with zero attached hydrogens (tertiary/aromatic N) is 2. The number of hydrogen-bond donors (Lipinski definition) is 1. The predicted octanol–water partition coefficient (Wildman–Crippen LogP) is 1.84. The highest BCUT2D eigenvalue weighted by atomic mass is 16.5. The van der Waals surface area contributed by atoms with E-state index in [4.69, 9.17) is 9.15 Å². The van der Waals surface area contributed by atoms with E-state index in [1.807, 2.05) is 36.7 Å². The van der Waals surface area contributed by atoms with E-state index >= 15 is 0 Å². The monoisotopic (exact) mass is 303 g/mol. The molecule has 1 N–H and O–H groups in total. The van der Waals surface area contributed by atoms with Gasteiger partial charge < -0.3 is 14.5 Å². The Labute approximate surface area is 129 Å². The molecule has 3 heterocycles. The number of aromatic nitrogens is 2. The van der Waals surface area contributed by atoms with Gasteiger partial charge in [-0.15, -0.1) is 0 Å². The Morgan fingerprint density at radius 3 is 3.00 bits per heavy atom. The van der Waals surface area contributed by atoms with Gasteiger partial charge in [-0.2, -0.15) is 5.10 Å². The fourth-order valence-electron chi connectivity index (χ4n) is 2.83. The summed E-state index contributed by atoms with van der Waals surface area (Å²) < 4.78 is 12.7. The normalized spacial score (nSPS) is 19.3. The maximum absolute atomic E-state index is 12.2. The van der Waals surface area contributed by atoms with Gasteiger partial charge in [0.25, 0.3) is 0 Å². The molecule has 0 bridgehead atoms. The van der Waals surface area contributed by atoms with Crippen molar-refractivity contribution in [2.24, 2.45) is 5.92 Å². The highest BCUT2D eigenvalue weighted by Crippen LogP contribution is 2.21. The Morgan fingerprint density at radius 2 is 2.41 bits per heavy atom. The third kappa shape index (κ3) is 3.06. The van der Waals surface area contributed by atoms with Crippen LogP contribution in [0.1, 0.15) is 29.6 Å². The summed E-state index contributed by atoms with van der Waals surface area (Å²) in [7, 11) is 0. The lowest BCUT2D eigenvalue weighted by molar-refractivity contribution is -0.125. The number of carbonyl (C=O) groups excluding carboxylic acids is 1. The van der Waals surface area contributed by atoms with Gasteiger partial charge >= 0.3 is 0 Å². The standard InChI is InChI=1S/C16H21N3O3/c1-11-8-12(2)19(18-11)14(15-4-3-6-22-15)9-17-16(20)13-5-7-21-10-13/h3-4,6,8,13-14H,5,7,9-10H2,1-2H3,(H,17,20)/t13-,14-/m0/s1. The van der Waals surface area contributed by atoms with Crippen molar-refractivity contribution in [3.63, 3.8) is 0 Å². The fraction of sp³-hybridized carbons (Fsp3) is 0.500. The summed E-state index contributed by atoms with van der Waals surface area (Å²) in [5.74, 6) is 0.780. The molecule has 2 atom stereocenters. The van der Waals surface area contributed by atoms with E-state index in [0.29, 0.717) is 19.8 Å². The number of rotatable bonds is 5. The van der Waals surface area contributed by atoms with E-state index < -0.39 is 0 Å². The van der Waals surface area contributed by atoms with Crippen LogP contribution < -0.4 is 5.32 Å². The second kappa shape index (κ2) is 6.36. The van der Waals surface area contributed by atoms with Crippen LogP contribution in [0, 0.1) is 19.8 Å². The Hall–Kier alpha value is -2.08. The Kier molecular flexibility index (Phi) is 4.29. The largest absolute Gasteiger partial charge is 0.467 e. The van der Waals surface area contributed by atoms with Crippen molar-refractivity contribution < 1.29 is 13.9 Å². The molecule has 0 aromatic carbocycles. The van der Waals surface area contributed by atoms with Crippen LogP contribution in [-0.2, 0) is 9.53 Å². The number of ether oxygens (including phenoxy) is 1. The van der Waals surface area contributed by atoms with Gasteiger partial charge in [-0.05, 0) is 38.5 Å². The van der Waals surface area contributed by atoms with E-state index in [2.05, 4.69) is 10.4 Å². The third-order valence-corrected chi connectivity index (χ3v) is 3.98. The smallest absolute Gasteiger partial charge is 0.225 e. The van der Waals surface area contributed by atoms with Gasteiger partial charge in [-0.25, -0.2) is 0 Å². The molecule has 1 fully saturated rings. The SMILES string of the molecule is Cc1cc(C)n([C@@H](CNC(=O)[C@H]2CCOC2)c2ccco2)n1. The van der Waals surface area contributed by atoms with Crippen LogP contribution in [0.2, 0.25) is 0 Å². The number of amides is 1. The summed E-state index contributed by atoms with van der Waals surface area (Å²) >= 11 is 0. The van der Waals surface area contributed by atoms with Crippen LogP contribution in [0.5, 0.6) is 0 Å². The second-order valence-corrected chi connectivity index (χ2v) is 5.71. The summed E-state index contributed by atoms with van der Waals surface area (Å²) in [6.07, 6.45) is 2.43. The molecule has 22 heavy (non-hydrogen) atoms. The molecule has 6 heteroatoms. The molecule has 1 aliphatic heterocycles. The lowest BCUT2D eigenvalue weighted by Gasteiger charge is -2.19. The number of aryl methyl sites for hydroxylation is 2. The Morgan fingerprint density at radius 1 is 1.55 bits per heavy atom. The summed E-state index contributed by atoms with van der Waals surface area (Å²) in [6, 6.07) is 5.63. The van der Waals surface area contributed by atoms with Crippen LogP contribution >= 0.6 is 0 Å². The van der Waals surface area contributed by atoms with Gasteiger partial charge in [0, 0.05) is 18.8 Å². The maximum atomic E-state index is 12.2. The number of hydrogen-bond acceptors (Lipinski definition) is 4. The molecule has 2 aromatic rings. The van der Waals surface area contributed by atoms with E-state index in [-0.39, 0.29) is 17.9 Å². The first kappa shape index (κ1) is 14.8. The zero-order valence-electron chi connectivity index (χ0n) is 12.9. The van der Waals surface area contributed by atoms with Gasteiger partial charge in [0.05, 0.1) is 24.5 Å².